The molecule has 2 N–H and O–H groups in total. The molecule has 1 saturated heterocycles. The average Bonchev–Trinajstić information content (AvgIpc) is 3.14. The Hall–Kier alpha value is -2.93. The van der Waals surface area contributed by atoms with Gasteiger partial charge in [-0.25, -0.2) is 4.98 Å². The minimum absolute atomic E-state index is 0.0628. The number of nitrogens with zero attached hydrogens (tertiary/aromatic N) is 3. The normalized spacial score (nSPS) is 15.2. The van der Waals surface area contributed by atoms with Crippen LogP contribution in [0.5, 0.6) is 5.75 Å². The summed E-state index contributed by atoms with van der Waals surface area (Å²) in [6, 6.07) is 9.81. The van der Waals surface area contributed by atoms with Gasteiger partial charge in [-0.3, -0.25) is 9.78 Å². The van der Waals surface area contributed by atoms with E-state index in [1.807, 2.05) is 29.2 Å². The van der Waals surface area contributed by atoms with Crippen LogP contribution < -0.4 is 10.1 Å². The Labute approximate surface area is 157 Å². The lowest BCUT2D eigenvalue weighted by atomic mass is 10.0. The average molecular weight is 365 g/mol. The maximum absolute atomic E-state index is 12.5. The summed E-state index contributed by atoms with van der Waals surface area (Å²) in [5.41, 5.74) is 2.56. The standard InChI is InChI=1S/C20H23N5O2/c1-27-16-4-5-17-18(11-16)24-19(23-17)13-22-15-6-9-25(10-7-15)20(26)14-3-2-8-21-12-14/h2-5,8,11-12,15,22H,6-7,9-10,13H2,1H3,(H,23,24). The van der Waals surface area contributed by atoms with Crippen LogP contribution in [-0.4, -0.2) is 52.0 Å². The summed E-state index contributed by atoms with van der Waals surface area (Å²) in [6.45, 7) is 2.18. The third-order valence-corrected chi connectivity index (χ3v) is 4.99. The summed E-state index contributed by atoms with van der Waals surface area (Å²) in [5.74, 6) is 1.79. The van der Waals surface area contributed by atoms with Crippen molar-refractivity contribution in [2.75, 3.05) is 20.2 Å². The van der Waals surface area contributed by atoms with Crippen molar-refractivity contribution in [1.29, 1.82) is 0 Å². The molecule has 0 bridgehead atoms. The van der Waals surface area contributed by atoms with E-state index in [2.05, 4.69) is 20.3 Å². The summed E-state index contributed by atoms with van der Waals surface area (Å²) in [5, 5.41) is 3.55. The van der Waals surface area contributed by atoms with Crippen molar-refractivity contribution < 1.29 is 9.53 Å². The summed E-state index contributed by atoms with van der Waals surface area (Å²) < 4.78 is 5.25. The lowest BCUT2D eigenvalue weighted by molar-refractivity contribution is 0.0704. The summed E-state index contributed by atoms with van der Waals surface area (Å²) >= 11 is 0. The van der Waals surface area contributed by atoms with Gasteiger partial charge in [0, 0.05) is 37.6 Å². The molecule has 3 aromatic rings. The molecule has 0 radical (unpaired) electrons. The number of ether oxygens (including phenoxy) is 1. The molecule has 0 unspecified atom stereocenters. The lowest BCUT2D eigenvalue weighted by Gasteiger charge is -2.32. The zero-order valence-electron chi connectivity index (χ0n) is 15.3. The molecule has 0 atom stereocenters. The van der Waals surface area contributed by atoms with Crippen molar-refractivity contribution in [3.05, 3.63) is 54.1 Å². The van der Waals surface area contributed by atoms with E-state index in [0.717, 1.165) is 48.5 Å². The first-order valence-electron chi connectivity index (χ1n) is 9.18. The fourth-order valence-corrected chi connectivity index (χ4v) is 3.45. The Morgan fingerprint density at radius 1 is 1.33 bits per heavy atom. The van der Waals surface area contributed by atoms with Crippen LogP contribution in [0.4, 0.5) is 0 Å². The van der Waals surface area contributed by atoms with E-state index < -0.39 is 0 Å². The van der Waals surface area contributed by atoms with Gasteiger partial charge in [-0.15, -0.1) is 0 Å². The molecule has 140 valence electrons. The number of benzene rings is 1. The van der Waals surface area contributed by atoms with Crippen LogP contribution in [0.25, 0.3) is 11.0 Å². The smallest absolute Gasteiger partial charge is 0.255 e. The van der Waals surface area contributed by atoms with Gasteiger partial charge in [-0.1, -0.05) is 0 Å². The molecule has 0 spiro atoms. The highest BCUT2D eigenvalue weighted by molar-refractivity contribution is 5.93. The quantitative estimate of drug-likeness (QED) is 0.725. The van der Waals surface area contributed by atoms with E-state index in [1.165, 1.54) is 0 Å². The van der Waals surface area contributed by atoms with E-state index >= 15 is 0 Å². The summed E-state index contributed by atoms with van der Waals surface area (Å²) in [6.07, 6.45) is 5.17. The highest BCUT2D eigenvalue weighted by Crippen LogP contribution is 2.19. The minimum Gasteiger partial charge on any atom is -0.497 e. The van der Waals surface area contributed by atoms with Crippen molar-refractivity contribution in [1.82, 2.24) is 25.2 Å². The van der Waals surface area contributed by atoms with Gasteiger partial charge in [0.15, 0.2) is 0 Å². The van der Waals surface area contributed by atoms with Gasteiger partial charge in [0.05, 0.1) is 30.3 Å². The van der Waals surface area contributed by atoms with Gasteiger partial charge in [-0.2, -0.15) is 0 Å². The molecule has 1 fully saturated rings. The molecule has 1 aliphatic heterocycles. The van der Waals surface area contributed by atoms with Gasteiger partial charge in [0.2, 0.25) is 0 Å². The minimum atomic E-state index is 0.0628. The van der Waals surface area contributed by atoms with Crippen molar-refractivity contribution in [2.24, 2.45) is 0 Å². The highest BCUT2D eigenvalue weighted by Gasteiger charge is 2.23. The number of H-pyrrole nitrogens is 1. The second-order valence-corrected chi connectivity index (χ2v) is 6.76. The van der Waals surface area contributed by atoms with E-state index in [4.69, 9.17) is 4.74 Å². The fraction of sp³-hybridized carbons (Fsp3) is 0.350. The zero-order chi connectivity index (χ0) is 18.6. The first-order valence-corrected chi connectivity index (χ1v) is 9.18. The number of carbonyl (C=O) groups is 1. The number of methoxy groups -OCH3 is 1. The molecule has 27 heavy (non-hydrogen) atoms. The van der Waals surface area contributed by atoms with E-state index in [1.54, 1.807) is 25.6 Å². The van der Waals surface area contributed by atoms with Gasteiger partial charge in [-0.05, 0) is 37.1 Å². The number of piperidine rings is 1. The number of pyridine rings is 1. The molecule has 1 aliphatic rings. The number of aromatic nitrogens is 3. The summed E-state index contributed by atoms with van der Waals surface area (Å²) in [7, 11) is 1.66. The fourth-order valence-electron chi connectivity index (χ4n) is 3.45. The van der Waals surface area contributed by atoms with Crippen LogP contribution in [-0.2, 0) is 6.54 Å². The number of hydrogen-bond donors (Lipinski definition) is 2. The maximum Gasteiger partial charge on any atom is 0.255 e. The van der Waals surface area contributed by atoms with Crippen molar-refractivity contribution >= 4 is 16.9 Å². The number of rotatable bonds is 5. The van der Waals surface area contributed by atoms with Crippen molar-refractivity contribution in [3.8, 4) is 5.75 Å². The van der Waals surface area contributed by atoms with Gasteiger partial charge < -0.3 is 19.9 Å². The number of likely N-dealkylation sites (tertiary alicyclic amines) is 1. The number of hydrogen-bond acceptors (Lipinski definition) is 5. The number of aromatic amines is 1. The Bertz CT molecular complexity index is 917. The third kappa shape index (κ3) is 3.93. The number of amides is 1. The van der Waals surface area contributed by atoms with Gasteiger partial charge in [0.1, 0.15) is 11.6 Å². The van der Waals surface area contributed by atoms with Crippen LogP contribution in [0.3, 0.4) is 0 Å². The Kier molecular flexibility index (Phi) is 5.02. The van der Waals surface area contributed by atoms with E-state index in [0.29, 0.717) is 18.2 Å². The first-order chi connectivity index (χ1) is 13.2. The molecule has 7 nitrogen and oxygen atoms in total. The molecule has 1 aromatic carbocycles. The molecular formula is C20H23N5O2. The number of carbonyl (C=O) groups excluding carboxylic acids is 1. The zero-order valence-corrected chi connectivity index (χ0v) is 15.3. The highest BCUT2D eigenvalue weighted by atomic mass is 16.5. The Morgan fingerprint density at radius 3 is 2.93 bits per heavy atom. The van der Waals surface area contributed by atoms with Crippen LogP contribution in [0.15, 0.2) is 42.7 Å². The molecule has 2 aromatic heterocycles. The molecule has 3 heterocycles. The van der Waals surface area contributed by atoms with Gasteiger partial charge >= 0.3 is 0 Å². The van der Waals surface area contributed by atoms with E-state index in [-0.39, 0.29) is 5.91 Å². The van der Waals surface area contributed by atoms with Crippen LogP contribution in [0, 0.1) is 0 Å². The largest absolute Gasteiger partial charge is 0.497 e. The molecule has 7 heteroatoms. The topological polar surface area (TPSA) is 83.1 Å². The molecule has 0 saturated carbocycles. The number of fused-ring (bicyclic) bond motifs is 1. The van der Waals surface area contributed by atoms with E-state index in [9.17, 15) is 4.79 Å². The number of nitrogens with one attached hydrogen (secondary N) is 2. The van der Waals surface area contributed by atoms with Crippen LogP contribution >= 0.6 is 0 Å². The second kappa shape index (κ2) is 7.75. The summed E-state index contributed by atoms with van der Waals surface area (Å²) in [4.78, 5) is 26.4. The lowest BCUT2D eigenvalue weighted by Crippen LogP contribution is -2.44. The Morgan fingerprint density at radius 2 is 2.19 bits per heavy atom. The predicted octanol–water partition coefficient (Wildman–Crippen LogP) is 2.36. The predicted molar refractivity (Wildman–Crippen MR) is 103 cm³/mol. The monoisotopic (exact) mass is 365 g/mol. The molecule has 4 rings (SSSR count). The van der Waals surface area contributed by atoms with Crippen LogP contribution in [0.2, 0.25) is 0 Å². The van der Waals surface area contributed by atoms with Gasteiger partial charge in [0.25, 0.3) is 5.91 Å². The first kappa shape index (κ1) is 17.5. The van der Waals surface area contributed by atoms with Crippen molar-refractivity contribution in [2.45, 2.75) is 25.4 Å². The molecular weight excluding hydrogens is 342 g/mol. The maximum atomic E-state index is 12.5. The second-order valence-electron chi connectivity index (χ2n) is 6.76. The number of imidazole rings is 1. The molecule has 1 amide bonds. The van der Waals surface area contributed by atoms with Crippen molar-refractivity contribution in [3.63, 3.8) is 0 Å². The molecule has 0 aliphatic carbocycles. The SMILES string of the molecule is COc1ccc2nc(CNC3CCN(C(=O)c4cccnc4)CC3)[nH]c2c1. The third-order valence-electron chi connectivity index (χ3n) is 4.99. The Balaban J connectivity index is 1.30. The van der Waals surface area contributed by atoms with Crippen LogP contribution in [0.1, 0.15) is 29.0 Å².